The molecule has 0 aliphatic heterocycles. The highest BCUT2D eigenvalue weighted by Gasteiger charge is 2.25. The van der Waals surface area contributed by atoms with Gasteiger partial charge in [0.2, 0.25) is 0 Å². The van der Waals surface area contributed by atoms with Crippen molar-refractivity contribution < 1.29 is 4.39 Å². The lowest BCUT2D eigenvalue weighted by Crippen LogP contribution is -2.26. The zero-order valence-electron chi connectivity index (χ0n) is 9.49. The molecule has 1 aromatic rings. The van der Waals surface area contributed by atoms with Gasteiger partial charge in [-0.15, -0.1) is 6.42 Å². The zero-order chi connectivity index (χ0) is 12.3. The summed E-state index contributed by atoms with van der Waals surface area (Å²) in [6.07, 6.45) is 7.69. The van der Waals surface area contributed by atoms with E-state index in [0.29, 0.717) is 23.7 Å². The molecular weight excluding hydrogens is 215 g/mol. The number of nitrogens with zero attached hydrogens (tertiary/aromatic N) is 2. The van der Waals surface area contributed by atoms with E-state index in [1.165, 1.54) is 18.9 Å². The molecule has 17 heavy (non-hydrogen) atoms. The summed E-state index contributed by atoms with van der Waals surface area (Å²) < 4.78 is 13.8. The van der Waals surface area contributed by atoms with Crippen LogP contribution in [-0.2, 0) is 0 Å². The van der Waals surface area contributed by atoms with Crippen LogP contribution in [0.1, 0.15) is 18.4 Å². The molecular formula is C14H13FN2. The average molecular weight is 228 g/mol. The van der Waals surface area contributed by atoms with Crippen LogP contribution in [0.15, 0.2) is 18.2 Å². The second-order valence-corrected chi connectivity index (χ2v) is 4.31. The Kier molecular flexibility index (Phi) is 3.30. The van der Waals surface area contributed by atoms with Gasteiger partial charge in [-0.25, -0.2) is 4.39 Å². The Morgan fingerprint density at radius 1 is 1.47 bits per heavy atom. The predicted octanol–water partition coefficient (Wildman–Crippen LogP) is 2.55. The van der Waals surface area contributed by atoms with E-state index in [4.69, 9.17) is 11.7 Å². The maximum Gasteiger partial charge on any atom is 0.147 e. The van der Waals surface area contributed by atoms with Crippen molar-refractivity contribution >= 4 is 5.69 Å². The molecule has 0 heterocycles. The van der Waals surface area contributed by atoms with Gasteiger partial charge in [-0.1, -0.05) is 5.92 Å². The highest BCUT2D eigenvalue weighted by Crippen LogP contribution is 2.32. The lowest BCUT2D eigenvalue weighted by atomic mass is 10.2. The molecule has 1 aliphatic rings. The molecule has 1 aromatic carbocycles. The molecule has 0 spiro atoms. The van der Waals surface area contributed by atoms with E-state index in [0.717, 1.165) is 6.54 Å². The van der Waals surface area contributed by atoms with E-state index in [1.807, 2.05) is 11.0 Å². The standard InChI is InChI=1S/C14H13FN2/c1-2-7-17(10-11-3-4-11)14-6-5-12(9-16)8-13(14)15/h1,5-6,8,11H,3-4,7,10H2. The predicted molar refractivity (Wildman–Crippen MR) is 64.9 cm³/mol. The van der Waals surface area contributed by atoms with Crippen LogP contribution in [0.2, 0.25) is 0 Å². The Labute approximate surface area is 101 Å². The Bertz CT molecular complexity index is 492. The van der Waals surface area contributed by atoms with Crippen molar-refractivity contribution in [1.82, 2.24) is 0 Å². The third-order valence-corrected chi connectivity index (χ3v) is 2.88. The summed E-state index contributed by atoms with van der Waals surface area (Å²) >= 11 is 0. The largest absolute Gasteiger partial charge is 0.358 e. The number of rotatable bonds is 4. The summed E-state index contributed by atoms with van der Waals surface area (Å²) in [5.41, 5.74) is 0.826. The third kappa shape index (κ3) is 2.77. The van der Waals surface area contributed by atoms with Gasteiger partial charge >= 0.3 is 0 Å². The number of terminal acetylenes is 1. The number of benzene rings is 1. The van der Waals surface area contributed by atoms with Crippen LogP contribution in [0.25, 0.3) is 0 Å². The van der Waals surface area contributed by atoms with E-state index >= 15 is 0 Å². The normalized spacial score (nSPS) is 13.8. The Hall–Kier alpha value is -2.00. The highest BCUT2D eigenvalue weighted by molar-refractivity contribution is 5.52. The summed E-state index contributed by atoms with van der Waals surface area (Å²) in [4.78, 5) is 1.87. The highest BCUT2D eigenvalue weighted by atomic mass is 19.1. The zero-order valence-corrected chi connectivity index (χ0v) is 9.49. The van der Waals surface area contributed by atoms with Gasteiger partial charge in [0.1, 0.15) is 5.82 Å². The summed E-state index contributed by atoms with van der Waals surface area (Å²) in [6, 6.07) is 6.43. The lowest BCUT2D eigenvalue weighted by molar-refractivity contribution is 0.616. The molecule has 0 radical (unpaired) electrons. The van der Waals surface area contributed by atoms with E-state index in [1.54, 1.807) is 12.1 Å². The van der Waals surface area contributed by atoms with E-state index in [2.05, 4.69) is 5.92 Å². The van der Waals surface area contributed by atoms with Crippen molar-refractivity contribution in [2.24, 2.45) is 5.92 Å². The van der Waals surface area contributed by atoms with Crippen molar-refractivity contribution in [1.29, 1.82) is 5.26 Å². The first-order valence-corrected chi connectivity index (χ1v) is 5.62. The minimum Gasteiger partial charge on any atom is -0.358 e. The van der Waals surface area contributed by atoms with Crippen LogP contribution in [-0.4, -0.2) is 13.1 Å². The monoisotopic (exact) mass is 228 g/mol. The first kappa shape index (κ1) is 11.5. The molecule has 0 bridgehead atoms. The first-order valence-electron chi connectivity index (χ1n) is 5.62. The molecule has 0 amide bonds. The van der Waals surface area contributed by atoms with Gasteiger partial charge < -0.3 is 4.90 Å². The van der Waals surface area contributed by atoms with Crippen LogP contribution in [0.3, 0.4) is 0 Å². The van der Waals surface area contributed by atoms with E-state index < -0.39 is 0 Å². The summed E-state index contributed by atoms with van der Waals surface area (Å²) in [7, 11) is 0. The van der Waals surface area contributed by atoms with Gasteiger partial charge in [-0.2, -0.15) is 5.26 Å². The van der Waals surface area contributed by atoms with Crippen molar-refractivity contribution in [2.75, 3.05) is 18.0 Å². The van der Waals surface area contributed by atoms with Gasteiger partial charge in [0.15, 0.2) is 0 Å². The number of hydrogen-bond acceptors (Lipinski definition) is 2. The number of anilines is 1. The Morgan fingerprint density at radius 2 is 2.24 bits per heavy atom. The van der Waals surface area contributed by atoms with Crippen LogP contribution < -0.4 is 4.90 Å². The lowest BCUT2D eigenvalue weighted by Gasteiger charge is -2.22. The fourth-order valence-electron chi connectivity index (χ4n) is 1.80. The second-order valence-electron chi connectivity index (χ2n) is 4.31. The molecule has 1 saturated carbocycles. The Balaban J connectivity index is 2.22. The first-order chi connectivity index (χ1) is 8.24. The fraction of sp³-hybridized carbons (Fsp3) is 0.357. The summed E-state index contributed by atoms with van der Waals surface area (Å²) in [5, 5.41) is 8.69. The van der Waals surface area contributed by atoms with Gasteiger partial charge in [-0.05, 0) is 37.0 Å². The van der Waals surface area contributed by atoms with Crippen molar-refractivity contribution in [3.05, 3.63) is 29.6 Å². The molecule has 1 fully saturated rings. The van der Waals surface area contributed by atoms with E-state index in [-0.39, 0.29) is 5.82 Å². The molecule has 0 atom stereocenters. The van der Waals surface area contributed by atoms with Crippen LogP contribution in [0.5, 0.6) is 0 Å². The van der Waals surface area contributed by atoms with E-state index in [9.17, 15) is 4.39 Å². The molecule has 86 valence electrons. The van der Waals surface area contributed by atoms with Gasteiger partial charge in [0.25, 0.3) is 0 Å². The summed E-state index contributed by atoms with van der Waals surface area (Å²) in [6.45, 7) is 1.20. The third-order valence-electron chi connectivity index (χ3n) is 2.88. The SMILES string of the molecule is C#CCN(CC1CC1)c1ccc(C#N)cc1F. The maximum absolute atomic E-state index is 13.8. The quantitative estimate of drug-likeness (QED) is 0.740. The summed E-state index contributed by atoms with van der Waals surface area (Å²) in [5.74, 6) is 2.81. The topological polar surface area (TPSA) is 27.0 Å². The molecule has 0 unspecified atom stereocenters. The molecule has 0 N–H and O–H groups in total. The molecule has 1 aliphatic carbocycles. The Morgan fingerprint density at radius 3 is 2.76 bits per heavy atom. The van der Waals surface area contributed by atoms with Gasteiger partial charge in [-0.3, -0.25) is 0 Å². The van der Waals surface area contributed by atoms with Crippen LogP contribution >= 0.6 is 0 Å². The molecule has 3 heteroatoms. The molecule has 0 aromatic heterocycles. The van der Waals surface area contributed by atoms with Crippen molar-refractivity contribution in [3.8, 4) is 18.4 Å². The second kappa shape index (κ2) is 4.89. The minimum atomic E-state index is -0.375. The number of nitriles is 1. The molecule has 2 nitrogen and oxygen atoms in total. The fourth-order valence-corrected chi connectivity index (χ4v) is 1.80. The molecule has 0 saturated heterocycles. The van der Waals surface area contributed by atoms with Crippen molar-refractivity contribution in [3.63, 3.8) is 0 Å². The maximum atomic E-state index is 13.8. The minimum absolute atomic E-state index is 0.332. The smallest absolute Gasteiger partial charge is 0.147 e. The van der Waals surface area contributed by atoms with Crippen molar-refractivity contribution in [2.45, 2.75) is 12.8 Å². The number of halogens is 1. The number of hydrogen-bond donors (Lipinski definition) is 0. The average Bonchev–Trinajstić information content (AvgIpc) is 3.12. The molecule has 2 rings (SSSR count). The van der Waals surface area contributed by atoms with Crippen LogP contribution in [0, 0.1) is 35.4 Å². The van der Waals surface area contributed by atoms with Gasteiger partial charge in [0.05, 0.1) is 23.9 Å². The van der Waals surface area contributed by atoms with Gasteiger partial charge in [0, 0.05) is 6.54 Å². The van der Waals surface area contributed by atoms with Crippen LogP contribution in [0.4, 0.5) is 10.1 Å².